The maximum atomic E-state index is 10.6. The second-order valence-electron chi connectivity index (χ2n) is 2.93. The summed E-state index contributed by atoms with van der Waals surface area (Å²) >= 11 is 0. The van der Waals surface area contributed by atoms with E-state index < -0.39 is 5.97 Å². The van der Waals surface area contributed by atoms with Crippen LogP contribution in [0.5, 0.6) is 0 Å². The van der Waals surface area contributed by atoms with Crippen molar-refractivity contribution in [3.8, 4) is 0 Å². The summed E-state index contributed by atoms with van der Waals surface area (Å²) in [6.45, 7) is 2.64. The summed E-state index contributed by atoms with van der Waals surface area (Å²) in [6, 6.07) is 0. The molecule has 0 radical (unpaired) electrons. The number of methoxy groups -OCH3 is 1. The molecule has 0 aliphatic carbocycles. The van der Waals surface area contributed by atoms with E-state index in [0.29, 0.717) is 0 Å². The van der Waals surface area contributed by atoms with E-state index in [4.69, 9.17) is 9.84 Å². The van der Waals surface area contributed by atoms with Gasteiger partial charge < -0.3 is 9.84 Å². The molecule has 0 heterocycles. The third-order valence-corrected chi connectivity index (χ3v) is 1.99. The van der Waals surface area contributed by atoms with Crippen LogP contribution < -0.4 is 0 Å². The Kier molecular flexibility index (Phi) is 6.76. The van der Waals surface area contributed by atoms with E-state index in [0.717, 1.165) is 32.3 Å². The lowest BCUT2D eigenvalue weighted by molar-refractivity contribution is -0.142. The number of aliphatic carboxylic acids is 1. The molecule has 1 atom stereocenters. The van der Waals surface area contributed by atoms with Crippen LogP contribution in [0.25, 0.3) is 0 Å². The molecule has 3 nitrogen and oxygen atoms in total. The molecule has 0 amide bonds. The third-order valence-electron chi connectivity index (χ3n) is 1.99. The van der Waals surface area contributed by atoms with Gasteiger partial charge in [0.1, 0.15) is 0 Å². The quantitative estimate of drug-likeness (QED) is 0.600. The van der Waals surface area contributed by atoms with E-state index in [-0.39, 0.29) is 5.92 Å². The highest BCUT2D eigenvalue weighted by molar-refractivity contribution is 5.69. The predicted molar refractivity (Wildman–Crippen MR) is 47.1 cm³/mol. The molecule has 0 aromatic carbocycles. The number of rotatable bonds is 7. The van der Waals surface area contributed by atoms with Crippen molar-refractivity contribution in [3.63, 3.8) is 0 Å². The normalized spacial score (nSPS) is 12.8. The summed E-state index contributed by atoms with van der Waals surface area (Å²) in [5.74, 6) is -0.836. The minimum absolute atomic E-state index is 0.165. The molecule has 72 valence electrons. The molecule has 3 heteroatoms. The zero-order valence-corrected chi connectivity index (χ0v) is 7.88. The van der Waals surface area contributed by atoms with E-state index in [1.54, 1.807) is 7.11 Å². The Morgan fingerprint density at radius 1 is 1.50 bits per heavy atom. The summed E-state index contributed by atoms with van der Waals surface area (Å²) in [4.78, 5) is 10.6. The maximum absolute atomic E-state index is 10.6. The number of unbranched alkanes of at least 4 members (excludes halogenated alkanes) is 1. The van der Waals surface area contributed by atoms with E-state index in [2.05, 4.69) is 0 Å². The Morgan fingerprint density at radius 3 is 2.58 bits per heavy atom. The predicted octanol–water partition coefficient (Wildman–Crippen LogP) is 1.91. The number of hydrogen-bond acceptors (Lipinski definition) is 2. The SMILES string of the molecule is CCC(CCCCOC)C(=O)O. The van der Waals surface area contributed by atoms with Crippen molar-refractivity contribution in [2.75, 3.05) is 13.7 Å². The Labute approximate surface area is 73.7 Å². The summed E-state index contributed by atoms with van der Waals surface area (Å²) in [5, 5.41) is 8.70. The Hall–Kier alpha value is -0.570. The van der Waals surface area contributed by atoms with Crippen LogP contribution in [-0.2, 0) is 9.53 Å². The van der Waals surface area contributed by atoms with Crippen molar-refractivity contribution in [1.82, 2.24) is 0 Å². The topological polar surface area (TPSA) is 46.5 Å². The van der Waals surface area contributed by atoms with Crippen LogP contribution in [0.4, 0.5) is 0 Å². The number of hydrogen-bond donors (Lipinski definition) is 1. The van der Waals surface area contributed by atoms with Gasteiger partial charge in [-0.25, -0.2) is 0 Å². The third kappa shape index (κ3) is 5.13. The molecule has 0 rings (SSSR count). The smallest absolute Gasteiger partial charge is 0.306 e. The van der Waals surface area contributed by atoms with Gasteiger partial charge in [-0.05, 0) is 19.3 Å². The second kappa shape index (κ2) is 7.10. The average Bonchev–Trinajstić information content (AvgIpc) is 2.04. The first-order valence-electron chi connectivity index (χ1n) is 4.44. The van der Waals surface area contributed by atoms with E-state index in [1.165, 1.54) is 0 Å². The Morgan fingerprint density at radius 2 is 2.17 bits per heavy atom. The molecule has 1 unspecified atom stereocenters. The lowest BCUT2D eigenvalue weighted by atomic mass is 10.00. The molecule has 1 N–H and O–H groups in total. The minimum Gasteiger partial charge on any atom is -0.481 e. The van der Waals surface area contributed by atoms with Gasteiger partial charge in [0.25, 0.3) is 0 Å². The number of carboxylic acids is 1. The van der Waals surface area contributed by atoms with Crippen molar-refractivity contribution in [2.45, 2.75) is 32.6 Å². The second-order valence-corrected chi connectivity index (χ2v) is 2.93. The molecule has 0 aromatic rings. The van der Waals surface area contributed by atoms with Gasteiger partial charge in [-0.2, -0.15) is 0 Å². The summed E-state index contributed by atoms with van der Waals surface area (Å²) in [6.07, 6.45) is 3.40. The van der Waals surface area contributed by atoms with Crippen molar-refractivity contribution < 1.29 is 14.6 Å². The largest absolute Gasteiger partial charge is 0.481 e. The monoisotopic (exact) mass is 174 g/mol. The van der Waals surface area contributed by atoms with E-state index >= 15 is 0 Å². The average molecular weight is 174 g/mol. The highest BCUT2D eigenvalue weighted by Gasteiger charge is 2.13. The van der Waals surface area contributed by atoms with Crippen molar-refractivity contribution in [3.05, 3.63) is 0 Å². The van der Waals surface area contributed by atoms with Crippen LogP contribution in [0.15, 0.2) is 0 Å². The van der Waals surface area contributed by atoms with Crippen LogP contribution in [0, 0.1) is 5.92 Å². The standard InChI is InChI=1S/C9H18O3/c1-3-8(9(10)11)6-4-5-7-12-2/h8H,3-7H2,1-2H3,(H,10,11). The molecular formula is C9H18O3. The number of carboxylic acid groups (broad SMARTS) is 1. The zero-order valence-electron chi connectivity index (χ0n) is 7.88. The first-order chi connectivity index (χ1) is 5.72. The highest BCUT2D eigenvalue weighted by atomic mass is 16.5. The minimum atomic E-state index is -0.671. The number of ether oxygens (including phenoxy) is 1. The van der Waals surface area contributed by atoms with Gasteiger partial charge in [0.2, 0.25) is 0 Å². The van der Waals surface area contributed by atoms with Crippen LogP contribution in [0.1, 0.15) is 32.6 Å². The molecular weight excluding hydrogens is 156 g/mol. The van der Waals surface area contributed by atoms with Gasteiger partial charge in [0, 0.05) is 13.7 Å². The van der Waals surface area contributed by atoms with Crippen LogP contribution in [-0.4, -0.2) is 24.8 Å². The first-order valence-corrected chi connectivity index (χ1v) is 4.44. The molecule has 0 aromatic heterocycles. The molecule has 0 aliphatic rings. The lowest BCUT2D eigenvalue weighted by Gasteiger charge is -2.08. The molecule has 0 aliphatic heterocycles. The highest BCUT2D eigenvalue weighted by Crippen LogP contribution is 2.12. The molecule has 0 saturated heterocycles. The molecule has 12 heavy (non-hydrogen) atoms. The van der Waals surface area contributed by atoms with E-state index in [9.17, 15) is 4.79 Å². The van der Waals surface area contributed by atoms with Gasteiger partial charge in [-0.15, -0.1) is 0 Å². The fourth-order valence-corrected chi connectivity index (χ4v) is 1.14. The van der Waals surface area contributed by atoms with Crippen LogP contribution >= 0.6 is 0 Å². The molecule has 0 spiro atoms. The fourth-order valence-electron chi connectivity index (χ4n) is 1.14. The summed E-state index contributed by atoms with van der Waals surface area (Å²) in [7, 11) is 1.66. The first kappa shape index (κ1) is 11.4. The van der Waals surface area contributed by atoms with Gasteiger partial charge >= 0.3 is 5.97 Å². The van der Waals surface area contributed by atoms with Crippen molar-refractivity contribution in [1.29, 1.82) is 0 Å². The van der Waals surface area contributed by atoms with Gasteiger partial charge in [0.15, 0.2) is 0 Å². The van der Waals surface area contributed by atoms with Crippen LogP contribution in [0.3, 0.4) is 0 Å². The number of carbonyl (C=O) groups is 1. The Bertz CT molecular complexity index is 123. The zero-order chi connectivity index (χ0) is 9.40. The van der Waals surface area contributed by atoms with Gasteiger partial charge in [0.05, 0.1) is 5.92 Å². The fraction of sp³-hybridized carbons (Fsp3) is 0.889. The summed E-state index contributed by atoms with van der Waals surface area (Å²) < 4.78 is 4.87. The van der Waals surface area contributed by atoms with Crippen LogP contribution in [0.2, 0.25) is 0 Å². The van der Waals surface area contributed by atoms with Crippen molar-refractivity contribution >= 4 is 5.97 Å². The maximum Gasteiger partial charge on any atom is 0.306 e. The summed E-state index contributed by atoms with van der Waals surface area (Å²) in [5.41, 5.74) is 0. The van der Waals surface area contributed by atoms with E-state index in [1.807, 2.05) is 6.92 Å². The lowest BCUT2D eigenvalue weighted by Crippen LogP contribution is -2.12. The molecule has 0 saturated carbocycles. The molecule has 0 fully saturated rings. The van der Waals surface area contributed by atoms with Gasteiger partial charge in [-0.1, -0.05) is 13.3 Å². The Balaban J connectivity index is 3.38. The van der Waals surface area contributed by atoms with Crippen molar-refractivity contribution in [2.24, 2.45) is 5.92 Å². The van der Waals surface area contributed by atoms with Gasteiger partial charge in [-0.3, -0.25) is 4.79 Å². The molecule has 0 bridgehead atoms.